The second-order valence-corrected chi connectivity index (χ2v) is 7.44. The number of fused-ring (bicyclic) bond motifs is 1. The highest BCUT2D eigenvalue weighted by Crippen LogP contribution is 2.22. The molecule has 1 N–H and O–H groups in total. The number of amides is 1. The van der Waals surface area contributed by atoms with Gasteiger partial charge in [0.2, 0.25) is 5.09 Å². The maximum Gasteiger partial charge on any atom is 0.302 e. The lowest BCUT2D eigenvalue weighted by Crippen LogP contribution is -2.40. The number of benzene rings is 1. The zero-order valence-electron chi connectivity index (χ0n) is 13.5. The van der Waals surface area contributed by atoms with Gasteiger partial charge >= 0.3 is 6.01 Å². The Morgan fingerprint density at radius 1 is 1.08 bits per heavy atom. The Bertz CT molecular complexity index is 1020. The van der Waals surface area contributed by atoms with Gasteiger partial charge in [-0.05, 0) is 24.3 Å². The lowest BCUT2D eigenvalue weighted by atomic mass is 10.3. The van der Waals surface area contributed by atoms with Crippen LogP contribution < -0.4 is 5.32 Å². The number of aromatic nitrogens is 1. The van der Waals surface area contributed by atoms with Gasteiger partial charge in [0.25, 0.3) is 15.9 Å². The number of para-hydroxylation sites is 2. The first-order valence-electron chi connectivity index (χ1n) is 7.89. The molecule has 1 aromatic carbocycles. The number of morpholine rings is 1. The van der Waals surface area contributed by atoms with Crippen molar-refractivity contribution in [3.8, 4) is 0 Å². The maximum atomic E-state index is 12.5. The molecule has 9 nitrogen and oxygen atoms in total. The standard InChI is InChI=1S/C16H15N3O6S/c20-15(18-16-17-11-3-1-2-4-12(11)25-16)13-5-6-14(24-13)26(21,22)19-7-9-23-10-8-19/h1-6H,7-10H2,(H,17,18,20). The van der Waals surface area contributed by atoms with Crippen molar-refractivity contribution < 1.29 is 26.8 Å². The number of ether oxygens (including phenoxy) is 1. The predicted octanol–water partition coefficient (Wildman–Crippen LogP) is 1.69. The average Bonchev–Trinajstić information content (AvgIpc) is 3.29. The second kappa shape index (κ2) is 6.56. The van der Waals surface area contributed by atoms with Crippen molar-refractivity contribution in [2.75, 3.05) is 31.6 Å². The SMILES string of the molecule is O=C(Nc1nc2ccccc2o1)c1ccc(S(=O)(=O)N2CCOCC2)o1. The van der Waals surface area contributed by atoms with Crippen molar-refractivity contribution >= 4 is 33.0 Å². The minimum Gasteiger partial charge on any atom is -0.438 e. The Morgan fingerprint density at radius 2 is 1.85 bits per heavy atom. The molecule has 0 saturated carbocycles. The van der Waals surface area contributed by atoms with Crippen LogP contribution in [0.5, 0.6) is 0 Å². The van der Waals surface area contributed by atoms with Crippen LogP contribution in [0, 0.1) is 0 Å². The Morgan fingerprint density at radius 3 is 2.62 bits per heavy atom. The molecule has 1 aliphatic heterocycles. The number of anilines is 1. The van der Waals surface area contributed by atoms with E-state index in [2.05, 4.69) is 10.3 Å². The third-order valence-corrected chi connectivity index (χ3v) is 5.66. The molecule has 26 heavy (non-hydrogen) atoms. The summed E-state index contributed by atoms with van der Waals surface area (Å²) in [5.74, 6) is -0.806. The average molecular weight is 377 g/mol. The summed E-state index contributed by atoms with van der Waals surface area (Å²) in [6.45, 7) is 1.14. The van der Waals surface area contributed by atoms with Crippen LogP contribution in [0.15, 0.2) is 50.3 Å². The molecular formula is C16H15N3O6S. The van der Waals surface area contributed by atoms with E-state index in [0.717, 1.165) is 0 Å². The Balaban J connectivity index is 1.52. The molecule has 3 heterocycles. The molecule has 3 aromatic rings. The Kier molecular flexibility index (Phi) is 4.23. The molecule has 1 saturated heterocycles. The van der Waals surface area contributed by atoms with Gasteiger partial charge in [0.1, 0.15) is 5.52 Å². The van der Waals surface area contributed by atoms with Crippen molar-refractivity contribution in [3.63, 3.8) is 0 Å². The number of furan rings is 1. The number of hydrogen-bond acceptors (Lipinski definition) is 7. The van der Waals surface area contributed by atoms with Crippen molar-refractivity contribution in [2.45, 2.75) is 5.09 Å². The van der Waals surface area contributed by atoms with Gasteiger partial charge in [0.15, 0.2) is 11.3 Å². The molecule has 4 rings (SSSR count). The molecule has 0 bridgehead atoms. The van der Waals surface area contributed by atoms with Crippen molar-refractivity contribution in [2.24, 2.45) is 0 Å². The molecule has 0 atom stereocenters. The summed E-state index contributed by atoms with van der Waals surface area (Å²) < 4.78 is 42.1. The summed E-state index contributed by atoms with van der Waals surface area (Å²) >= 11 is 0. The summed E-state index contributed by atoms with van der Waals surface area (Å²) in [7, 11) is -3.80. The molecule has 0 spiro atoms. The molecule has 10 heteroatoms. The van der Waals surface area contributed by atoms with E-state index in [9.17, 15) is 13.2 Å². The number of hydrogen-bond donors (Lipinski definition) is 1. The van der Waals surface area contributed by atoms with Crippen LogP contribution in [-0.2, 0) is 14.8 Å². The van der Waals surface area contributed by atoms with Gasteiger partial charge in [0.05, 0.1) is 13.2 Å². The van der Waals surface area contributed by atoms with Crippen LogP contribution in [0.25, 0.3) is 11.1 Å². The van der Waals surface area contributed by atoms with Crippen LogP contribution in [0.1, 0.15) is 10.6 Å². The molecule has 1 fully saturated rings. The van der Waals surface area contributed by atoms with Gasteiger partial charge < -0.3 is 13.6 Å². The van der Waals surface area contributed by atoms with Gasteiger partial charge in [-0.1, -0.05) is 12.1 Å². The smallest absolute Gasteiger partial charge is 0.302 e. The zero-order valence-corrected chi connectivity index (χ0v) is 14.4. The van der Waals surface area contributed by atoms with E-state index in [-0.39, 0.29) is 30.0 Å². The molecule has 2 aromatic heterocycles. The molecule has 0 unspecified atom stereocenters. The van der Waals surface area contributed by atoms with Crippen molar-refractivity contribution in [1.29, 1.82) is 0 Å². The van der Waals surface area contributed by atoms with Gasteiger partial charge in [-0.15, -0.1) is 0 Å². The van der Waals surface area contributed by atoms with Gasteiger partial charge in [-0.3, -0.25) is 10.1 Å². The fraction of sp³-hybridized carbons (Fsp3) is 0.250. The van der Waals surface area contributed by atoms with Crippen LogP contribution in [0.4, 0.5) is 6.01 Å². The fourth-order valence-electron chi connectivity index (χ4n) is 2.58. The minimum atomic E-state index is -3.80. The summed E-state index contributed by atoms with van der Waals surface area (Å²) in [5, 5.41) is 2.16. The van der Waals surface area contributed by atoms with Crippen LogP contribution in [0.3, 0.4) is 0 Å². The van der Waals surface area contributed by atoms with E-state index in [1.807, 2.05) is 0 Å². The number of nitrogens with one attached hydrogen (secondary N) is 1. The highest BCUT2D eigenvalue weighted by molar-refractivity contribution is 7.89. The highest BCUT2D eigenvalue weighted by atomic mass is 32.2. The fourth-order valence-corrected chi connectivity index (χ4v) is 3.90. The molecule has 0 aliphatic carbocycles. The molecular weight excluding hydrogens is 362 g/mol. The third kappa shape index (κ3) is 3.09. The Labute approximate surface area is 148 Å². The van der Waals surface area contributed by atoms with Crippen LogP contribution >= 0.6 is 0 Å². The lowest BCUT2D eigenvalue weighted by molar-refractivity contribution is 0.0723. The van der Waals surface area contributed by atoms with Crippen molar-refractivity contribution in [1.82, 2.24) is 9.29 Å². The first-order valence-corrected chi connectivity index (χ1v) is 9.33. The summed E-state index contributed by atoms with van der Waals surface area (Å²) in [6.07, 6.45) is 0. The first kappa shape index (κ1) is 16.8. The largest absolute Gasteiger partial charge is 0.438 e. The van der Waals surface area contributed by atoms with Gasteiger partial charge in [-0.2, -0.15) is 9.29 Å². The quantitative estimate of drug-likeness (QED) is 0.736. The number of carbonyl (C=O) groups excluding carboxylic acids is 1. The van der Waals surface area contributed by atoms with Gasteiger partial charge in [-0.25, -0.2) is 8.42 Å². The lowest BCUT2D eigenvalue weighted by Gasteiger charge is -2.24. The van der Waals surface area contributed by atoms with Crippen LogP contribution in [0.2, 0.25) is 0 Å². The molecule has 1 amide bonds. The molecule has 1 aliphatic rings. The van der Waals surface area contributed by atoms with E-state index >= 15 is 0 Å². The minimum absolute atomic E-state index is 0.00480. The second-order valence-electron chi connectivity index (χ2n) is 5.58. The van der Waals surface area contributed by atoms with E-state index in [1.54, 1.807) is 24.3 Å². The van der Waals surface area contributed by atoms with E-state index in [0.29, 0.717) is 24.3 Å². The maximum absolute atomic E-state index is 12.5. The zero-order chi connectivity index (χ0) is 18.1. The van der Waals surface area contributed by atoms with Crippen molar-refractivity contribution in [3.05, 3.63) is 42.2 Å². The predicted molar refractivity (Wildman–Crippen MR) is 90.2 cm³/mol. The first-order chi connectivity index (χ1) is 12.5. The normalized spacial score (nSPS) is 16.0. The van der Waals surface area contributed by atoms with Gasteiger partial charge in [0, 0.05) is 13.1 Å². The third-order valence-electron chi connectivity index (χ3n) is 3.88. The van der Waals surface area contributed by atoms with E-state index in [4.69, 9.17) is 13.6 Å². The van der Waals surface area contributed by atoms with E-state index < -0.39 is 15.9 Å². The highest BCUT2D eigenvalue weighted by Gasteiger charge is 2.30. The summed E-state index contributed by atoms with van der Waals surface area (Å²) in [4.78, 5) is 16.4. The monoisotopic (exact) mass is 377 g/mol. The summed E-state index contributed by atoms with van der Waals surface area (Å²) in [6, 6.07) is 9.61. The Hall–Kier alpha value is -2.69. The van der Waals surface area contributed by atoms with E-state index in [1.165, 1.54) is 16.4 Å². The number of sulfonamides is 1. The summed E-state index contributed by atoms with van der Waals surface area (Å²) in [5.41, 5.74) is 1.12. The molecule has 136 valence electrons. The molecule has 0 radical (unpaired) electrons. The van der Waals surface area contributed by atoms with Crippen LogP contribution in [-0.4, -0.2) is 49.9 Å². The number of rotatable bonds is 4. The number of oxazole rings is 1. The topological polar surface area (TPSA) is 115 Å². The number of nitrogens with zero attached hydrogens (tertiary/aromatic N) is 2. The number of carbonyl (C=O) groups is 1.